The lowest BCUT2D eigenvalue weighted by atomic mass is 9.84. The molecule has 1 amide bonds. The van der Waals surface area contributed by atoms with Gasteiger partial charge in [0.15, 0.2) is 5.78 Å². The average molecular weight is 232 g/mol. The van der Waals surface area contributed by atoms with Crippen molar-refractivity contribution in [2.75, 3.05) is 11.9 Å². The molecule has 0 bridgehead atoms. The summed E-state index contributed by atoms with van der Waals surface area (Å²) in [5.74, 6) is -0.00941. The van der Waals surface area contributed by atoms with E-state index in [0.29, 0.717) is 18.5 Å². The molecular weight excluding hydrogens is 216 g/mol. The number of hydrogen-bond acceptors (Lipinski definition) is 3. The number of rotatable bonds is 3. The number of amides is 1. The molecule has 0 atom stereocenters. The maximum Gasteiger partial charge on any atom is 0.228 e. The topological polar surface area (TPSA) is 72.2 Å². The third-order valence-electron chi connectivity index (χ3n) is 3.12. The van der Waals surface area contributed by atoms with E-state index in [-0.39, 0.29) is 11.7 Å². The molecule has 17 heavy (non-hydrogen) atoms. The number of ketones is 1. The van der Waals surface area contributed by atoms with Crippen molar-refractivity contribution in [3.05, 3.63) is 29.3 Å². The number of nitrogens with two attached hydrogens (primary N) is 1. The standard InChI is InChI=1S/C13H16N2O2/c1-13(2,7-14)12(17)8-3-4-10-9(5-8)6-11(16)15-10/h3-5H,6-7,14H2,1-2H3,(H,15,16). The Balaban J connectivity index is 2.34. The van der Waals surface area contributed by atoms with E-state index in [2.05, 4.69) is 5.32 Å². The summed E-state index contributed by atoms with van der Waals surface area (Å²) in [6, 6.07) is 5.30. The Bertz CT molecular complexity index is 492. The molecule has 1 aromatic carbocycles. The van der Waals surface area contributed by atoms with Crippen LogP contribution < -0.4 is 11.1 Å². The molecule has 1 aliphatic heterocycles. The summed E-state index contributed by atoms with van der Waals surface area (Å²) in [6.07, 6.45) is 0.347. The molecule has 0 unspecified atom stereocenters. The van der Waals surface area contributed by atoms with Crippen molar-refractivity contribution in [1.82, 2.24) is 0 Å². The number of hydrogen-bond donors (Lipinski definition) is 2. The first kappa shape index (κ1) is 11.8. The van der Waals surface area contributed by atoms with Gasteiger partial charge in [0.25, 0.3) is 0 Å². The van der Waals surface area contributed by atoms with Crippen molar-refractivity contribution in [3.8, 4) is 0 Å². The molecular formula is C13H16N2O2. The summed E-state index contributed by atoms with van der Waals surface area (Å²) < 4.78 is 0. The minimum atomic E-state index is -0.565. The molecule has 0 fully saturated rings. The molecule has 0 aromatic heterocycles. The molecule has 0 saturated carbocycles. The zero-order valence-corrected chi connectivity index (χ0v) is 10.0. The van der Waals surface area contributed by atoms with Crippen LogP contribution in [0.5, 0.6) is 0 Å². The normalized spacial score (nSPS) is 14.4. The van der Waals surface area contributed by atoms with E-state index in [1.807, 2.05) is 13.8 Å². The lowest BCUT2D eigenvalue weighted by Gasteiger charge is -2.20. The Kier molecular flexibility index (Phi) is 2.75. The van der Waals surface area contributed by atoms with Crippen LogP contribution in [0.4, 0.5) is 5.69 Å². The van der Waals surface area contributed by atoms with E-state index in [1.54, 1.807) is 18.2 Å². The average Bonchev–Trinajstić information content (AvgIpc) is 2.66. The Hall–Kier alpha value is -1.68. The first-order valence-corrected chi connectivity index (χ1v) is 5.62. The maximum absolute atomic E-state index is 12.2. The molecule has 2 rings (SSSR count). The molecule has 4 nitrogen and oxygen atoms in total. The number of nitrogens with one attached hydrogen (secondary N) is 1. The van der Waals surface area contributed by atoms with Crippen molar-refractivity contribution >= 4 is 17.4 Å². The van der Waals surface area contributed by atoms with Crippen LogP contribution in [0.25, 0.3) is 0 Å². The number of Topliss-reactive ketones (excluding diaryl/α,β-unsaturated/α-hetero) is 1. The van der Waals surface area contributed by atoms with Crippen LogP contribution in [0.15, 0.2) is 18.2 Å². The molecule has 90 valence electrons. The van der Waals surface area contributed by atoms with Crippen LogP contribution >= 0.6 is 0 Å². The molecule has 0 saturated heterocycles. The molecule has 1 heterocycles. The molecule has 1 aromatic rings. The van der Waals surface area contributed by atoms with E-state index in [9.17, 15) is 9.59 Å². The zero-order valence-electron chi connectivity index (χ0n) is 10.0. The Morgan fingerprint density at radius 2 is 2.18 bits per heavy atom. The second-order valence-corrected chi connectivity index (χ2v) is 5.01. The SMILES string of the molecule is CC(C)(CN)C(=O)c1ccc2c(c1)CC(=O)N2. The smallest absolute Gasteiger partial charge is 0.228 e. The van der Waals surface area contributed by atoms with E-state index < -0.39 is 5.41 Å². The minimum Gasteiger partial charge on any atom is -0.329 e. The van der Waals surface area contributed by atoms with Gasteiger partial charge in [0, 0.05) is 23.2 Å². The molecule has 0 radical (unpaired) electrons. The fourth-order valence-corrected chi connectivity index (χ4v) is 1.85. The van der Waals surface area contributed by atoms with Gasteiger partial charge in [-0.2, -0.15) is 0 Å². The number of carbonyl (C=O) groups excluding carboxylic acids is 2. The van der Waals surface area contributed by atoms with Crippen molar-refractivity contribution in [2.45, 2.75) is 20.3 Å². The minimum absolute atomic E-state index is 0.0159. The highest BCUT2D eigenvalue weighted by Gasteiger charge is 2.28. The fourth-order valence-electron chi connectivity index (χ4n) is 1.85. The zero-order chi connectivity index (χ0) is 12.6. The van der Waals surface area contributed by atoms with Crippen molar-refractivity contribution in [3.63, 3.8) is 0 Å². The Labute approximate surface area is 100 Å². The lowest BCUT2D eigenvalue weighted by molar-refractivity contribution is -0.115. The first-order valence-electron chi connectivity index (χ1n) is 5.62. The van der Waals surface area contributed by atoms with E-state index >= 15 is 0 Å². The second kappa shape index (κ2) is 3.96. The van der Waals surface area contributed by atoms with Gasteiger partial charge in [0.1, 0.15) is 0 Å². The van der Waals surface area contributed by atoms with Crippen molar-refractivity contribution < 1.29 is 9.59 Å². The van der Waals surface area contributed by atoms with E-state index in [0.717, 1.165) is 11.3 Å². The van der Waals surface area contributed by atoms with Crippen LogP contribution in [-0.2, 0) is 11.2 Å². The quantitative estimate of drug-likeness (QED) is 0.773. The van der Waals surface area contributed by atoms with Gasteiger partial charge in [-0.25, -0.2) is 0 Å². The van der Waals surface area contributed by atoms with Crippen molar-refractivity contribution in [1.29, 1.82) is 0 Å². The predicted molar refractivity (Wildman–Crippen MR) is 65.9 cm³/mol. The van der Waals surface area contributed by atoms with E-state index in [1.165, 1.54) is 0 Å². The molecule has 0 aliphatic carbocycles. The van der Waals surface area contributed by atoms with Gasteiger partial charge in [-0.3, -0.25) is 9.59 Å². The molecule has 3 N–H and O–H groups in total. The van der Waals surface area contributed by atoms with Gasteiger partial charge >= 0.3 is 0 Å². The van der Waals surface area contributed by atoms with Gasteiger partial charge in [-0.05, 0) is 23.8 Å². The molecule has 0 spiro atoms. The molecule has 4 heteroatoms. The van der Waals surface area contributed by atoms with Crippen molar-refractivity contribution in [2.24, 2.45) is 11.1 Å². The summed E-state index contributed by atoms with van der Waals surface area (Å²) in [5.41, 5.74) is 7.33. The van der Waals surface area contributed by atoms with Crippen LogP contribution in [0, 0.1) is 5.41 Å². The number of anilines is 1. The summed E-state index contributed by atoms with van der Waals surface area (Å²) >= 11 is 0. The lowest BCUT2D eigenvalue weighted by Crippen LogP contribution is -2.32. The third kappa shape index (κ3) is 2.08. The maximum atomic E-state index is 12.2. The third-order valence-corrected chi connectivity index (χ3v) is 3.12. The van der Waals surface area contributed by atoms with Crippen LogP contribution in [0.1, 0.15) is 29.8 Å². The van der Waals surface area contributed by atoms with Crippen LogP contribution in [0.2, 0.25) is 0 Å². The summed E-state index contributed by atoms with van der Waals surface area (Å²) in [5, 5.41) is 2.74. The highest BCUT2D eigenvalue weighted by molar-refractivity contribution is 6.04. The van der Waals surface area contributed by atoms with Gasteiger partial charge in [0.2, 0.25) is 5.91 Å². The number of carbonyl (C=O) groups is 2. The molecule has 1 aliphatic rings. The largest absolute Gasteiger partial charge is 0.329 e. The van der Waals surface area contributed by atoms with Crippen LogP contribution in [-0.4, -0.2) is 18.2 Å². The Morgan fingerprint density at radius 1 is 1.47 bits per heavy atom. The summed E-state index contributed by atoms with van der Waals surface area (Å²) in [6.45, 7) is 3.96. The Morgan fingerprint density at radius 3 is 2.82 bits per heavy atom. The predicted octanol–water partition coefficient (Wildman–Crippen LogP) is 1.35. The monoisotopic (exact) mass is 232 g/mol. The van der Waals surface area contributed by atoms with Gasteiger partial charge in [-0.15, -0.1) is 0 Å². The number of benzene rings is 1. The van der Waals surface area contributed by atoms with Gasteiger partial charge < -0.3 is 11.1 Å². The highest BCUT2D eigenvalue weighted by Crippen LogP contribution is 2.27. The van der Waals surface area contributed by atoms with Crippen LogP contribution in [0.3, 0.4) is 0 Å². The fraction of sp³-hybridized carbons (Fsp3) is 0.385. The summed E-state index contributed by atoms with van der Waals surface area (Å²) in [4.78, 5) is 23.4. The number of fused-ring (bicyclic) bond motifs is 1. The van der Waals surface area contributed by atoms with Gasteiger partial charge in [-0.1, -0.05) is 13.8 Å². The summed E-state index contributed by atoms with van der Waals surface area (Å²) in [7, 11) is 0. The van der Waals surface area contributed by atoms with Gasteiger partial charge in [0.05, 0.1) is 6.42 Å². The first-order chi connectivity index (χ1) is 7.94. The van der Waals surface area contributed by atoms with E-state index in [4.69, 9.17) is 5.73 Å². The highest BCUT2D eigenvalue weighted by atomic mass is 16.1. The second-order valence-electron chi connectivity index (χ2n) is 5.01.